The van der Waals surface area contributed by atoms with Crippen LogP contribution in [0.15, 0.2) is 18.2 Å². The molecule has 0 spiro atoms. The van der Waals surface area contributed by atoms with Crippen LogP contribution in [0.2, 0.25) is 0 Å². The molecule has 0 saturated carbocycles. The first-order valence-electron chi connectivity index (χ1n) is 7.64. The number of benzene rings is 1. The van der Waals surface area contributed by atoms with Gasteiger partial charge in [0.1, 0.15) is 0 Å². The fraction of sp³-hybridized carbons (Fsp3) is 0.647. The number of hydrazine groups is 1. The van der Waals surface area contributed by atoms with Gasteiger partial charge in [-0.1, -0.05) is 56.0 Å². The van der Waals surface area contributed by atoms with Crippen molar-refractivity contribution in [3.8, 4) is 0 Å². The second-order valence-electron chi connectivity index (χ2n) is 5.81. The summed E-state index contributed by atoms with van der Waals surface area (Å²) in [7, 11) is 0. The van der Waals surface area contributed by atoms with Crippen LogP contribution < -0.4 is 11.3 Å². The molecule has 2 nitrogen and oxygen atoms in total. The Morgan fingerprint density at radius 3 is 1.95 bits per heavy atom. The molecule has 0 aromatic heterocycles. The van der Waals surface area contributed by atoms with Gasteiger partial charge >= 0.3 is 0 Å². The molecule has 0 aliphatic carbocycles. The minimum Gasteiger partial charge on any atom is -0.271 e. The zero-order chi connectivity index (χ0) is 14.3. The largest absolute Gasteiger partial charge is 0.271 e. The first kappa shape index (κ1) is 16.2. The van der Waals surface area contributed by atoms with E-state index in [1.54, 1.807) is 0 Å². The van der Waals surface area contributed by atoms with Crippen molar-refractivity contribution in [2.75, 3.05) is 0 Å². The Morgan fingerprint density at radius 2 is 1.53 bits per heavy atom. The molecule has 3 N–H and O–H groups in total. The third-order valence-corrected chi connectivity index (χ3v) is 3.84. The van der Waals surface area contributed by atoms with Gasteiger partial charge in [0.25, 0.3) is 0 Å². The van der Waals surface area contributed by atoms with Gasteiger partial charge in [0.15, 0.2) is 0 Å². The SMILES string of the molecule is CCCC(CCC)C(Cc1cc(C)cc(C)c1)NN. The van der Waals surface area contributed by atoms with Crippen LogP contribution in [-0.2, 0) is 6.42 Å². The molecule has 0 amide bonds. The third kappa shape index (κ3) is 5.33. The van der Waals surface area contributed by atoms with Crippen molar-refractivity contribution in [2.24, 2.45) is 11.8 Å². The van der Waals surface area contributed by atoms with Crippen molar-refractivity contribution in [3.05, 3.63) is 34.9 Å². The Kier molecular flexibility index (Phi) is 7.11. The summed E-state index contributed by atoms with van der Waals surface area (Å²) in [6.45, 7) is 8.84. The molecule has 0 saturated heterocycles. The third-order valence-electron chi connectivity index (χ3n) is 3.84. The van der Waals surface area contributed by atoms with Crippen molar-refractivity contribution in [1.82, 2.24) is 5.43 Å². The molecule has 1 aromatic carbocycles. The minimum atomic E-state index is 0.390. The first-order chi connectivity index (χ1) is 9.10. The fourth-order valence-electron chi connectivity index (χ4n) is 3.09. The number of hydrogen-bond acceptors (Lipinski definition) is 2. The monoisotopic (exact) mass is 262 g/mol. The summed E-state index contributed by atoms with van der Waals surface area (Å²) in [5, 5.41) is 0. The number of rotatable bonds is 8. The highest BCUT2D eigenvalue weighted by Gasteiger charge is 2.19. The predicted octanol–water partition coefficient (Wildman–Crippen LogP) is 3.89. The molecule has 2 heteroatoms. The highest BCUT2D eigenvalue weighted by Crippen LogP contribution is 2.21. The van der Waals surface area contributed by atoms with Crippen molar-refractivity contribution < 1.29 is 0 Å². The van der Waals surface area contributed by atoms with Crippen LogP contribution in [0.5, 0.6) is 0 Å². The van der Waals surface area contributed by atoms with Crippen molar-refractivity contribution in [1.29, 1.82) is 0 Å². The number of aryl methyl sites for hydroxylation is 2. The van der Waals surface area contributed by atoms with E-state index in [-0.39, 0.29) is 0 Å². The van der Waals surface area contributed by atoms with Crippen LogP contribution >= 0.6 is 0 Å². The molecular weight excluding hydrogens is 232 g/mol. The lowest BCUT2D eigenvalue weighted by Gasteiger charge is -2.26. The van der Waals surface area contributed by atoms with Crippen LogP contribution in [0.4, 0.5) is 0 Å². The Morgan fingerprint density at radius 1 is 1.00 bits per heavy atom. The van der Waals surface area contributed by atoms with Gasteiger partial charge in [-0.3, -0.25) is 11.3 Å². The Labute approximate surface area is 118 Å². The summed E-state index contributed by atoms with van der Waals surface area (Å²) in [5.41, 5.74) is 7.14. The highest BCUT2D eigenvalue weighted by molar-refractivity contribution is 5.29. The highest BCUT2D eigenvalue weighted by atomic mass is 15.2. The van der Waals surface area contributed by atoms with E-state index in [0.717, 1.165) is 6.42 Å². The smallest absolute Gasteiger partial charge is 0.0279 e. The molecule has 0 radical (unpaired) electrons. The van der Waals surface area contributed by atoms with Gasteiger partial charge in [-0.25, -0.2) is 0 Å². The topological polar surface area (TPSA) is 38.0 Å². The van der Waals surface area contributed by atoms with E-state index in [9.17, 15) is 0 Å². The lowest BCUT2D eigenvalue weighted by atomic mass is 9.86. The van der Waals surface area contributed by atoms with Gasteiger partial charge in [-0.2, -0.15) is 0 Å². The van der Waals surface area contributed by atoms with Gasteiger partial charge < -0.3 is 0 Å². The normalized spacial score (nSPS) is 12.9. The number of nitrogens with two attached hydrogens (primary N) is 1. The van der Waals surface area contributed by atoms with Gasteiger partial charge in [0, 0.05) is 6.04 Å². The Bertz CT molecular complexity index is 347. The molecule has 1 unspecified atom stereocenters. The lowest BCUT2D eigenvalue weighted by molar-refractivity contribution is 0.311. The quantitative estimate of drug-likeness (QED) is 0.551. The molecular formula is C17H30N2. The zero-order valence-electron chi connectivity index (χ0n) is 13.0. The summed E-state index contributed by atoms with van der Waals surface area (Å²) >= 11 is 0. The van der Waals surface area contributed by atoms with E-state index in [4.69, 9.17) is 5.84 Å². The average molecular weight is 262 g/mol. The molecule has 108 valence electrons. The predicted molar refractivity (Wildman–Crippen MR) is 84.0 cm³/mol. The molecule has 0 aliphatic heterocycles. The molecule has 0 aliphatic rings. The van der Waals surface area contributed by atoms with Crippen LogP contribution in [0.1, 0.15) is 56.2 Å². The van der Waals surface area contributed by atoms with Crippen molar-refractivity contribution in [3.63, 3.8) is 0 Å². The second-order valence-corrected chi connectivity index (χ2v) is 5.81. The Balaban J connectivity index is 2.78. The lowest BCUT2D eigenvalue weighted by Crippen LogP contribution is -2.42. The molecule has 0 bridgehead atoms. The van der Waals surface area contributed by atoms with Crippen molar-refractivity contribution in [2.45, 2.75) is 65.8 Å². The summed E-state index contributed by atoms with van der Waals surface area (Å²) < 4.78 is 0. The maximum Gasteiger partial charge on any atom is 0.0279 e. The maximum absolute atomic E-state index is 5.81. The van der Waals surface area contributed by atoms with Crippen LogP contribution in [-0.4, -0.2) is 6.04 Å². The minimum absolute atomic E-state index is 0.390. The van der Waals surface area contributed by atoms with E-state index in [2.05, 4.69) is 51.3 Å². The van der Waals surface area contributed by atoms with E-state index in [1.165, 1.54) is 42.4 Å². The summed E-state index contributed by atoms with van der Waals surface area (Å²) in [5.74, 6) is 6.49. The standard InChI is InChI=1S/C17H30N2/c1-5-7-16(8-6-2)17(19-18)12-15-10-13(3)9-14(4)11-15/h9-11,16-17,19H,5-8,12,18H2,1-4H3. The van der Waals surface area contributed by atoms with Gasteiger partial charge in [-0.15, -0.1) is 0 Å². The molecule has 1 aromatic rings. The van der Waals surface area contributed by atoms with Crippen molar-refractivity contribution >= 4 is 0 Å². The molecule has 0 fully saturated rings. The fourth-order valence-corrected chi connectivity index (χ4v) is 3.09. The average Bonchev–Trinajstić information content (AvgIpc) is 2.34. The first-order valence-corrected chi connectivity index (χ1v) is 7.64. The maximum atomic E-state index is 5.81. The molecule has 0 heterocycles. The number of nitrogens with one attached hydrogen (secondary N) is 1. The summed E-state index contributed by atoms with van der Waals surface area (Å²) in [6, 6.07) is 7.18. The summed E-state index contributed by atoms with van der Waals surface area (Å²) in [6.07, 6.45) is 6.01. The van der Waals surface area contributed by atoms with Gasteiger partial charge in [0.05, 0.1) is 0 Å². The molecule has 19 heavy (non-hydrogen) atoms. The Hall–Kier alpha value is -0.860. The van der Waals surface area contributed by atoms with Crippen LogP contribution in [0.25, 0.3) is 0 Å². The zero-order valence-corrected chi connectivity index (χ0v) is 13.0. The molecule has 1 rings (SSSR count). The van der Waals surface area contributed by atoms with Crippen LogP contribution in [0, 0.1) is 19.8 Å². The van der Waals surface area contributed by atoms with E-state index in [1.807, 2.05) is 0 Å². The second kappa shape index (κ2) is 8.34. The molecule has 1 atom stereocenters. The van der Waals surface area contributed by atoms with E-state index >= 15 is 0 Å². The number of hydrogen-bond donors (Lipinski definition) is 2. The summed E-state index contributed by atoms with van der Waals surface area (Å²) in [4.78, 5) is 0. The van der Waals surface area contributed by atoms with E-state index < -0.39 is 0 Å². The van der Waals surface area contributed by atoms with Crippen LogP contribution in [0.3, 0.4) is 0 Å². The van der Waals surface area contributed by atoms with Gasteiger partial charge in [-0.05, 0) is 44.6 Å². The van der Waals surface area contributed by atoms with Gasteiger partial charge in [0.2, 0.25) is 0 Å². The van der Waals surface area contributed by atoms with E-state index in [0.29, 0.717) is 12.0 Å².